The molecule has 1 aliphatic heterocycles. The molecule has 7 aromatic carbocycles. The highest BCUT2D eigenvalue weighted by molar-refractivity contribution is 5.92. The van der Waals surface area contributed by atoms with Crippen molar-refractivity contribution in [3.05, 3.63) is 188 Å². The third-order valence-corrected chi connectivity index (χ3v) is 11.0. The van der Waals surface area contributed by atoms with Gasteiger partial charge in [-0.2, -0.15) is 0 Å². The first-order valence-electron chi connectivity index (χ1n) is 17.7. The molecule has 10 rings (SSSR count). The van der Waals surface area contributed by atoms with Crippen LogP contribution in [0.5, 0.6) is 17.2 Å². The van der Waals surface area contributed by atoms with Crippen molar-refractivity contribution in [3.8, 4) is 84.0 Å². The van der Waals surface area contributed by atoms with Gasteiger partial charge in [0, 0.05) is 22.1 Å². The monoisotopic (exact) mass is 654 g/mol. The van der Waals surface area contributed by atoms with Crippen molar-refractivity contribution in [2.75, 3.05) is 0 Å². The lowest BCUT2D eigenvalue weighted by atomic mass is 9.84. The highest BCUT2D eigenvalue weighted by Gasteiger charge is 2.53. The Labute approximate surface area is 298 Å². The van der Waals surface area contributed by atoms with Gasteiger partial charge in [-0.25, -0.2) is 0 Å². The standard InChI is InChI=1S/C49H34O2/c50-46-26-24-36(29-43(46)41-12-3-5-14-45(41)49-28-8-7-9-38(49)31-49)34-20-16-32(17-21-34)33-18-22-35(23-19-33)37-25-27-48-44(30-37)40-11-2-1-10-39(40)42-13-4-6-15-47(42)51-48/h1-30,38,50H,31H2. The minimum atomic E-state index is 0.0384. The van der Waals surface area contributed by atoms with E-state index in [4.69, 9.17) is 4.74 Å². The van der Waals surface area contributed by atoms with Crippen LogP contribution < -0.4 is 4.74 Å². The molecule has 0 saturated heterocycles. The zero-order valence-corrected chi connectivity index (χ0v) is 28.0. The summed E-state index contributed by atoms with van der Waals surface area (Å²) < 4.78 is 6.45. The van der Waals surface area contributed by atoms with Crippen LogP contribution in [-0.2, 0) is 5.41 Å². The second kappa shape index (κ2) is 11.6. The number of phenols is 1. The lowest BCUT2D eigenvalue weighted by molar-refractivity contribution is 0.477. The zero-order valence-electron chi connectivity index (χ0n) is 28.0. The predicted octanol–water partition coefficient (Wildman–Crippen LogP) is 12.9. The highest BCUT2D eigenvalue weighted by atomic mass is 16.5. The quantitative estimate of drug-likeness (QED) is 0.200. The summed E-state index contributed by atoms with van der Waals surface area (Å²) in [5.74, 6) is 2.59. The molecule has 2 unspecified atom stereocenters. The van der Waals surface area contributed by atoms with Crippen molar-refractivity contribution in [2.45, 2.75) is 11.8 Å². The maximum absolute atomic E-state index is 11.1. The Morgan fingerprint density at radius 1 is 0.451 bits per heavy atom. The van der Waals surface area contributed by atoms with Crippen LogP contribution in [-0.4, -0.2) is 5.11 Å². The molecule has 51 heavy (non-hydrogen) atoms. The third-order valence-electron chi connectivity index (χ3n) is 11.0. The summed E-state index contributed by atoms with van der Waals surface area (Å²) in [6, 6.07) is 55.4. The molecule has 2 nitrogen and oxygen atoms in total. The van der Waals surface area contributed by atoms with Gasteiger partial charge >= 0.3 is 0 Å². The number of hydrogen-bond donors (Lipinski definition) is 1. The van der Waals surface area contributed by atoms with Gasteiger partial charge in [-0.3, -0.25) is 0 Å². The Kier molecular flexibility index (Phi) is 6.72. The topological polar surface area (TPSA) is 29.5 Å². The van der Waals surface area contributed by atoms with Crippen LogP contribution in [0.15, 0.2) is 182 Å². The van der Waals surface area contributed by atoms with Gasteiger partial charge in [-0.05, 0) is 98.3 Å². The summed E-state index contributed by atoms with van der Waals surface area (Å²) in [6.45, 7) is 0. The molecule has 2 atom stereocenters. The number of hydrogen-bond acceptors (Lipinski definition) is 2. The minimum absolute atomic E-state index is 0.0384. The van der Waals surface area contributed by atoms with Crippen molar-refractivity contribution in [2.24, 2.45) is 5.92 Å². The number of fused-ring (bicyclic) bond motifs is 6. The second-order valence-corrected chi connectivity index (χ2v) is 13.9. The van der Waals surface area contributed by atoms with Crippen LogP contribution >= 0.6 is 0 Å². The molecular weight excluding hydrogens is 621 g/mol. The Morgan fingerprint density at radius 3 is 1.65 bits per heavy atom. The van der Waals surface area contributed by atoms with E-state index in [1.54, 1.807) is 0 Å². The van der Waals surface area contributed by atoms with Gasteiger partial charge in [-0.1, -0.05) is 152 Å². The Balaban J connectivity index is 0.929. The molecule has 1 N–H and O–H groups in total. The molecule has 0 radical (unpaired) electrons. The molecule has 242 valence electrons. The van der Waals surface area contributed by atoms with Crippen LogP contribution in [0, 0.1) is 5.92 Å². The molecule has 0 aromatic heterocycles. The van der Waals surface area contributed by atoms with Gasteiger partial charge in [0.1, 0.15) is 17.2 Å². The highest BCUT2D eigenvalue weighted by Crippen LogP contribution is 2.60. The van der Waals surface area contributed by atoms with E-state index in [0.29, 0.717) is 11.7 Å². The van der Waals surface area contributed by atoms with Gasteiger partial charge in [0.25, 0.3) is 0 Å². The average Bonchev–Trinajstić information content (AvgIpc) is 3.97. The fourth-order valence-corrected chi connectivity index (χ4v) is 8.19. The predicted molar refractivity (Wildman–Crippen MR) is 209 cm³/mol. The number of aromatic hydroxyl groups is 1. The van der Waals surface area contributed by atoms with E-state index in [2.05, 4.69) is 158 Å². The first-order valence-corrected chi connectivity index (χ1v) is 17.7. The Morgan fingerprint density at radius 2 is 0.961 bits per heavy atom. The summed E-state index contributed by atoms with van der Waals surface area (Å²) in [5, 5.41) is 11.1. The van der Waals surface area contributed by atoms with Crippen molar-refractivity contribution >= 4 is 0 Å². The number of phenolic OH excluding ortho intramolecular Hbond substituents is 1. The van der Waals surface area contributed by atoms with Gasteiger partial charge in [-0.15, -0.1) is 0 Å². The third kappa shape index (κ3) is 4.94. The molecule has 0 amide bonds. The molecule has 7 aromatic rings. The Hall–Kier alpha value is -6.38. The zero-order chi connectivity index (χ0) is 33.9. The number of benzene rings is 7. The normalized spacial score (nSPS) is 17.7. The molecule has 1 heterocycles. The minimum Gasteiger partial charge on any atom is -0.507 e. The van der Waals surface area contributed by atoms with Crippen LogP contribution in [0.25, 0.3) is 66.8 Å². The summed E-state index contributed by atoms with van der Waals surface area (Å²) in [5.41, 5.74) is 14.7. The van der Waals surface area contributed by atoms with Gasteiger partial charge < -0.3 is 9.84 Å². The summed E-state index contributed by atoms with van der Waals surface area (Å²) in [6.07, 6.45) is 10.1. The number of ether oxygens (including phenoxy) is 1. The summed E-state index contributed by atoms with van der Waals surface area (Å²) >= 11 is 0. The van der Waals surface area contributed by atoms with Crippen molar-refractivity contribution in [1.82, 2.24) is 0 Å². The molecule has 0 spiro atoms. The van der Waals surface area contributed by atoms with Crippen molar-refractivity contribution < 1.29 is 9.84 Å². The first kappa shape index (κ1) is 29.5. The van der Waals surface area contributed by atoms with E-state index in [1.807, 2.05) is 24.3 Å². The second-order valence-electron chi connectivity index (χ2n) is 13.9. The van der Waals surface area contributed by atoms with Crippen LogP contribution in [0.1, 0.15) is 12.0 Å². The molecule has 3 aliphatic rings. The number of allylic oxidation sites excluding steroid dienone is 4. The Bertz CT molecular complexity index is 2540. The maximum Gasteiger partial charge on any atom is 0.135 e. The van der Waals surface area contributed by atoms with Crippen molar-refractivity contribution in [1.29, 1.82) is 0 Å². The first-order chi connectivity index (χ1) is 25.1. The van der Waals surface area contributed by atoms with E-state index in [-0.39, 0.29) is 5.41 Å². The number of rotatable bonds is 5. The number of para-hydroxylation sites is 1. The van der Waals surface area contributed by atoms with Gasteiger partial charge in [0.05, 0.1) is 0 Å². The fourth-order valence-electron chi connectivity index (χ4n) is 8.19. The average molecular weight is 655 g/mol. The molecular formula is C49H34O2. The van der Waals surface area contributed by atoms with E-state index < -0.39 is 0 Å². The molecule has 1 saturated carbocycles. The van der Waals surface area contributed by atoms with E-state index in [9.17, 15) is 5.11 Å². The van der Waals surface area contributed by atoms with Crippen molar-refractivity contribution in [3.63, 3.8) is 0 Å². The largest absolute Gasteiger partial charge is 0.507 e. The molecule has 1 fully saturated rings. The molecule has 2 heteroatoms. The van der Waals surface area contributed by atoms with Crippen LogP contribution in [0.3, 0.4) is 0 Å². The smallest absolute Gasteiger partial charge is 0.135 e. The summed E-state index contributed by atoms with van der Waals surface area (Å²) in [7, 11) is 0. The van der Waals surface area contributed by atoms with E-state index >= 15 is 0 Å². The SMILES string of the molecule is Oc1ccc(-c2ccc(-c3ccc(-c4ccc5c(c4)-c4ccccc4-c4ccccc4O5)cc3)cc2)cc1-c1ccccc1C12C=CC=CC1C2. The van der Waals surface area contributed by atoms with Crippen LogP contribution in [0.4, 0.5) is 0 Å². The van der Waals surface area contributed by atoms with Gasteiger partial charge in [0.2, 0.25) is 0 Å². The summed E-state index contributed by atoms with van der Waals surface area (Å²) in [4.78, 5) is 0. The van der Waals surface area contributed by atoms with E-state index in [0.717, 1.165) is 73.6 Å². The lowest BCUT2D eigenvalue weighted by Crippen LogP contribution is -2.09. The maximum atomic E-state index is 11.1. The van der Waals surface area contributed by atoms with Crippen LogP contribution in [0.2, 0.25) is 0 Å². The fraction of sp³-hybridized carbons (Fsp3) is 0.0612. The molecule has 2 aliphatic carbocycles. The van der Waals surface area contributed by atoms with Gasteiger partial charge in [0.15, 0.2) is 0 Å². The van der Waals surface area contributed by atoms with E-state index in [1.165, 1.54) is 16.7 Å². The lowest BCUT2D eigenvalue weighted by Gasteiger charge is -2.20. The molecule has 0 bridgehead atoms.